The molecule has 1 rings (SSSR count). The van der Waals surface area contributed by atoms with Gasteiger partial charge in [0, 0.05) is 5.56 Å². The monoisotopic (exact) mass is 210 g/mol. The molecule has 0 saturated carbocycles. The van der Waals surface area contributed by atoms with E-state index in [4.69, 9.17) is 9.47 Å². The minimum Gasteiger partial charge on any atom is -0.493 e. The van der Waals surface area contributed by atoms with Crippen LogP contribution in [0.2, 0.25) is 0 Å². The molecule has 84 valence electrons. The van der Waals surface area contributed by atoms with Crippen molar-refractivity contribution in [3.63, 3.8) is 0 Å². The normalized spacial score (nSPS) is 10.1. The van der Waals surface area contributed by atoms with Gasteiger partial charge >= 0.3 is 0 Å². The first-order valence-electron chi connectivity index (χ1n) is 5.40. The Labute approximate surface area is 91.2 Å². The zero-order chi connectivity index (χ0) is 11.1. The highest BCUT2D eigenvalue weighted by Crippen LogP contribution is 2.27. The lowest BCUT2D eigenvalue weighted by Gasteiger charge is -2.10. The molecular formula is C12H20NO2+. The fourth-order valence-electron chi connectivity index (χ4n) is 1.31. The van der Waals surface area contributed by atoms with Crippen molar-refractivity contribution < 1.29 is 15.2 Å². The van der Waals surface area contributed by atoms with Crippen LogP contribution in [0.3, 0.4) is 0 Å². The summed E-state index contributed by atoms with van der Waals surface area (Å²) in [7, 11) is 1.66. The van der Waals surface area contributed by atoms with E-state index in [-0.39, 0.29) is 0 Å². The van der Waals surface area contributed by atoms with E-state index < -0.39 is 0 Å². The molecule has 0 aromatic heterocycles. The molecule has 15 heavy (non-hydrogen) atoms. The Bertz CT molecular complexity index is 300. The topological polar surface area (TPSA) is 46.1 Å². The zero-order valence-electron chi connectivity index (χ0n) is 9.58. The minimum absolute atomic E-state index is 0.747. The first-order chi connectivity index (χ1) is 7.31. The van der Waals surface area contributed by atoms with Crippen LogP contribution in [0.4, 0.5) is 0 Å². The summed E-state index contributed by atoms with van der Waals surface area (Å²) in [5.74, 6) is 1.62. The summed E-state index contributed by atoms with van der Waals surface area (Å²) < 4.78 is 10.9. The minimum atomic E-state index is 0.747. The Morgan fingerprint density at radius 3 is 2.67 bits per heavy atom. The third-order valence-corrected chi connectivity index (χ3v) is 2.27. The Balaban J connectivity index is 2.69. The second-order valence-electron chi connectivity index (χ2n) is 3.44. The van der Waals surface area contributed by atoms with Gasteiger partial charge in [0.2, 0.25) is 0 Å². The molecule has 0 heterocycles. The molecule has 3 N–H and O–H groups in total. The molecule has 1 aromatic rings. The van der Waals surface area contributed by atoms with Gasteiger partial charge in [-0.3, -0.25) is 0 Å². The average Bonchev–Trinajstić information content (AvgIpc) is 2.29. The van der Waals surface area contributed by atoms with Crippen molar-refractivity contribution in [2.75, 3.05) is 13.7 Å². The summed E-state index contributed by atoms with van der Waals surface area (Å²) in [5, 5.41) is 0. The number of hydrogen-bond acceptors (Lipinski definition) is 2. The summed E-state index contributed by atoms with van der Waals surface area (Å²) in [6, 6.07) is 5.96. The van der Waals surface area contributed by atoms with Crippen LogP contribution in [0, 0.1) is 0 Å². The molecular weight excluding hydrogens is 190 g/mol. The number of methoxy groups -OCH3 is 1. The van der Waals surface area contributed by atoms with Crippen LogP contribution in [0.15, 0.2) is 18.2 Å². The van der Waals surface area contributed by atoms with Crippen molar-refractivity contribution in [2.24, 2.45) is 0 Å². The maximum absolute atomic E-state index is 5.62. The van der Waals surface area contributed by atoms with E-state index in [2.05, 4.69) is 12.7 Å². The molecule has 0 aliphatic heterocycles. The lowest BCUT2D eigenvalue weighted by molar-refractivity contribution is -0.386. The predicted molar refractivity (Wildman–Crippen MR) is 60.0 cm³/mol. The summed E-state index contributed by atoms with van der Waals surface area (Å²) in [6.07, 6.45) is 2.21. The molecule has 0 bridgehead atoms. The molecule has 3 heteroatoms. The van der Waals surface area contributed by atoms with Gasteiger partial charge in [0.1, 0.15) is 0 Å². The Hall–Kier alpha value is -1.22. The van der Waals surface area contributed by atoms with Gasteiger partial charge in [-0.15, -0.1) is 0 Å². The van der Waals surface area contributed by atoms with E-state index in [9.17, 15) is 0 Å². The summed E-state index contributed by atoms with van der Waals surface area (Å²) >= 11 is 0. The first kappa shape index (κ1) is 11.9. The SMILES string of the molecule is CCCCOc1ccc(C[NH3+])cc1OC. The molecule has 0 unspecified atom stereocenters. The van der Waals surface area contributed by atoms with E-state index in [1.165, 1.54) is 0 Å². The van der Waals surface area contributed by atoms with Crippen LogP contribution in [0.5, 0.6) is 11.5 Å². The smallest absolute Gasteiger partial charge is 0.161 e. The van der Waals surface area contributed by atoms with Crippen LogP contribution in [-0.4, -0.2) is 13.7 Å². The van der Waals surface area contributed by atoms with Gasteiger partial charge < -0.3 is 15.2 Å². The van der Waals surface area contributed by atoms with E-state index in [1.54, 1.807) is 7.11 Å². The van der Waals surface area contributed by atoms with Crippen molar-refractivity contribution >= 4 is 0 Å². The lowest BCUT2D eigenvalue weighted by atomic mass is 10.2. The molecule has 0 saturated heterocycles. The largest absolute Gasteiger partial charge is 0.493 e. The molecule has 3 nitrogen and oxygen atoms in total. The summed E-state index contributed by atoms with van der Waals surface area (Å²) in [5.41, 5.74) is 5.00. The summed E-state index contributed by atoms with van der Waals surface area (Å²) in [4.78, 5) is 0. The van der Waals surface area contributed by atoms with Gasteiger partial charge in [-0.2, -0.15) is 0 Å². The Morgan fingerprint density at radius 1 is 1.27 bits per heavy atom. The van der Waals surface area contributed by atoms with Crippen LogP contribution >= 0.6 is 0 Å². The third kappa shape index (κ3) is 3.44. The molecule has 0 atom stereocenters. The van der Waals surface area contributed by atoms with Crippen LogP contribution in [0.1, 0.15) is 25.3 Å². The second-order valence-corrected chi connectivity index (χ2v) is 3.44. The molecule has 1 aromatic carbocycles. The Kier molecular flexibility index (Phi) is 4.98. The molecule has 0 aliphatic rings. The van der Waals surface area contributed by atoms with Gasteiger partial charge in [-0.05, 0) is 24.6 Å². The Morgan fingerprint density at radius 2 is 2.07 bits per heavy atom. The molecule has 0 aliphatic carbocycles. The fourth-order valence-corrected chi connectivity index (χ4v) is 1.31. The quantitative estimate of drug-likeness (QED) is 0.725. The van der Waals surface area contributed by atoms with Crippen LogP contribution in [-0.2, 0) is 6.54 Å². The predicted octanol–water partition coefficient (Wildman–Crippen LogP) is 1.62. The zero-order valence-corrected chi connectivity index (χ0v) is 9.58. The number of rotatable bonds is 6. The molecule has 0 fully saturated rings. The standard InChI is InChI=1S/C12H19NO2/c1-3-4-7-15-11-6-5-10(9-13)8-12(11)14-2/h5-6,8H,3-4,7,9,13H2,1-2H3/p+1. The maximum atomic E-state index is 5.62. The van der Waals surface area contributed by atoms with Gasteiger partial charge in [-0.25, -0.2) is 0 Å². The second kappa shape index (κ2) is 6.30. The number of ether oxygens (including phenoxy) is 2. The highest BCUT2D eigenvalue weighted by atomic mass is 16.5. The van der Waals surface area contributed by atoms with Gasteiger partial charge in [0.15, 0.2) is 11.5 Å². The van der Waals surface area contributed by atoms with Gasteiger partial charge in [0.05, 0.1) is 20.3 Å². The van der Waals surface area contributed by atoms with Gasteiger partial charge in [0.25, 0.3) is 0 Å². The fraction of sp³-hybridized carbons (Fsp3) is 0.500. The van der Waals surface area contributed by atoms with Crippen LogP contribution < -0.4 is 15.2 Å². The number of hydrogen-bond donors (Lipinski definition) is 1. The van der Waals surface area contributed by atoms with Crippen molar-refractivity contribution in [1.29, 1.82) is 0 Å². The maximum Gasteiger partial charge on any atom is 0.161 e. The van der Waals surface area contributed by atoms with Gasteiger partial charge in [-0.1, -0.05) is 13.3 Å². The molecule has 0 spiro atoms. The molecule has 0 radical (unpaired) electrons. The highest BCUT2D eigenvalue weighted by molar-refractivity contribution is 5.42. The van der Waals surface area contributed by atoms with E-state index in [0.29, 0.717) is 0 Å². The van der Waals surface area contributed by atoms with Crippen molar-refractivity contribution in [3.05, 3.63) is 23.8 Å². The highest BCUT2D eigenvalue weighted by Gasteiger charge is 2.05. The van der Waals surface area contributed by atoms with Crippen molar-refractivity contribution in [1.82, 2.24) is 0 Å². The number of quaternary nitrogens is 1. The third-order valence-electron chi connectivity index (χ3n) is 2.27. The first-order valence-corrected chi connectivity index (χ1v) is 5.40. The van der Waals surface area contributed by atoms with Crippen LogP contribution in [0.25, 0.3) is 0 Å². The number of unbranched alkanes of at least 4 members (excludes halogenated alkanes) is 1. The van der Waals surface area contributed by atoms with Crippen molar-refractivity contribution in [2.45, 2.75) is 26.3 Å². The van der Waals surface area contributed by atoms with E-state index in [1.807, 2.05) is 18.2 Å². The lowest BCUT2D eigenvalue weighted by Crippen LogP contribution is -2.47. The average molecular weight is 210 g/mol. The van der Waals surface area contributed by atoms with E-state index >= 15 is 0 Å². The molecule has 0 amide bonds. The number of benzene rings is 1. The van der Waals surface area contributed by atoms with E-state index in [0.717, 1.165) is 43.1 Å². The summed E-state index contributed by atoms with van der Waals surface area (Å²) in [6.45, 7) is 3.66. The van der Waals surface area contributed by atoms with Crippen molar-refractivity contribution in [3.8, 4) is 11.5 Å².